The molecule has 0 fully saturated rings. The van der Waals surface area contributed by atoms with Gasteiger partial charge in [0.15, 0.2) is 0 Å². The Morgan fingerprint density at radius 2 is 1.33 bits per heavy atom. The van der Waals surface area contributed by atoms with Gasteiger partial charge >= 0.3 is 41.0 Å². The summed E-state index contributed by atoms with van der Waals surface area (Å²) in [7, 11) is -3.98. The maximum Gasteiger partial charge on any atom is 0.333 e. The molecular formula is C22H38MgO9S. The summed E-state index contributed by atoms with van der Waals surface area (Å²) in [5.74, 6) is -2.28. The Kier molecular flexibility index (Phi) is 17.4. The third kappa shape index (κ3) is 15.2. The summed E-state index contributed by atoms with van der Waals surface area (Å²) in [4.78, 5) is 36.8. The van der Waals surface area contributed by atoms with Crippen LogP contribution in [0.2, 0.25) is 0 Å². The minimum absolute atomic E-state index is 0. The van der Waals surface area contributed by atoms with Crippen molar-refractivity contribution in [2.45, 2.75) is 65.7 Å². The van der Waals surface area contributed by atoms with Crippen LogP contribution in [-0.4, -0.2) is 79.5 Å². The van der Waals surface area contributed by atoms with Gasteiger partial charge in [0.05, 0.1) is 12.4 Å². The summed E-state index contributed by atoms with van der Waals surface area (Å²) < 4.78 is 46.0. The Morgan fingerprint density at radius 3 is 1.76 bits per heavy atom. The van der Waals surface area contributed by atoms with Gasteiger partial charge in [-0.2, -0.15) is 8.42 Å². The Balaban J connectivity index is 0. The second-order valence-corrected chi connectivity index (χ2v) is 9.51. The highest BCUT2D eigenvalue weighted by atomic mass is 32.2. The van der Waals surface area contributed by atoms with Crippen molar-refractivity contribution in [1.82, 2.24) is 0 Å². The van der Waals surface area contributed by atoms with E-state index < -0.39 is 33.4 Å². The monoisotopic (exact) mass is 502 g/mol. The van der Waals surface area contributed by atoms with Gasteiger partial charge in [0, 0.05) is 11.1 Å². The van der Waals surface area contributed by atoms with Crippen LogP contribution in [0.3, 0.4) is 0 Å². The van der Waals surface area contributed by atoms with Crippen molar-refractivity contribution in [1.29, 1.82) is 0 Å². The minimum atomic E-state index is -3.98. The molecule has 0 spiro atoms. The van der Waals surface area contributed by atoms with Crippen molar-refractivity contribution in [3.63, 3.8) is 0 Å². The van der Waals surface area contributed by atoms with Crippen molar-refractivity contribution < 1.29 is 41.6 Å². The van der Waals surface area contributed by atoms with Gasteiger partial charge in [-0.3, -0.25) is 9.35 Å². The topological polar surface area (TPSA) is 133 Å². The molecule has 0 rings (SSSR count). The average molecular weight is 503 g/mol. The first-order valence-electron chi connectivity index (χ1n) is 10.6. The molecule has 0 unspecified atom stereocenters. The Labute approximate surface area is 213 Å². The van der Waals surface area contributed by atoms with Gasteiger partial charge in [-0.25, -0.2) is 9.59 Å². The van der Waals surface area contributed by atoms with E-state index in [-0.39, 0.29) is 66.2 Å². The van der Waals surface area contributed by atoms with Crippen LogP contribution in [0.4, 0.5) is 0 Å². The van der Waals surface area contributed by atoms with E-state index in [4.69, 9.17) is 18.8 Å². The number of esters is 3. The zero-order valence-corrected chi connectivity index (χ0v) is 20.1. The molecular weight excluding hydrogens is 465 g/mol. The van der Waals surface area contributed by atoms with E-state index in [1.807, 2.05) is 6.92 Å². The van der Waals surface area contributed by atoms with Gasteiger partial charge in [0.1, 0.15) is 18.6 Å². The van der Waals surface area contributed by atoms with E-state index in [1.54, 1.807) is 0 Å². The van der Waals surface area contributed by atoms with Crippen LogP contribution in [-0.2, 0) is 38.7 Å². The van der Waals surface area contributed by atoms with Gasteiger partial charge in [0.25, 0.3) is 10.1 Å². The first kappa shape index (κ1) is 33.7. The summed E-state index contributed by atoms with van der Waals surface area (Å²) in [6, 6.07) is 0. The summed E-state index contributed by atoms with van der Waals surface area (Å²) >= 11 is 0. The van der Waals surface area contributed by atoms with Crippen LogP contribution in [0, 0.1) is 5.41 Å². The van der Waals surface area contributed by atoms with E-state index in [2.05, 4.69) is 13.2 Å². The fourth-order valence-electron chi connectivity index (χ4n) is 2.63. The number of rotatable bonds is 17. The Bertz CT molecular complexity index is 745. The number of ether oxygens (including phenoxy) is 3. The predicted molar refractivity (Wildman–Crippen MR) is 128 cm³/mol. The lowest BCUT2D eigenvalue weighted by Gasteiger charge is -2.30. The lowest BCUT2D eigenvalue weighted by atomic mass is 9.84. The smallest absolute Gasteiger partial charge is 0.333 e. The minimum Gasteiger partial charge on any atom is -0.465 e. The summed E-state index contributed by atoms with van der Waals surface area (Å²) in [6.45, 7) is 11.4. The summed E-state index contributed by atoms with van der Waals surface area (Å²) in [5, 5.41) is 0. The highest BCUT2D eigenvalue weighted by Crippen LogP contribution is 2.29. The number of hydrogen-bond donors (Lipinski definition) is 1. The fourth-order valence-corrected chi connectivity index (χ4v) is 3.20. The molecule has 0 aliphatic heterocycles. The van der Waals surface area contributed by atoms with E-state index >= 15 is 0 Å². The number of carbonyl (C=O) groups excluding carboxylic acids is 3. The number of hydrogen-bond acceptors (Lipinski definition) is 8. The molecule has 0 radical (unpaired) electrons. The van der Waals surface area contributed by atoms with Crippen LogP contribution in [0.1, 0.15) is 65.7 Å². The van der Waals surface area contributed by atoms with Crippen molar-refractivity contribution in [3.05, 3.63) is 24.3 Å². The zero-order valence-electron chi connectivity index (χ0n) is 19.3. The SMILES string of the molecule is C=C(C)C(=O)OCC(CCCC)(COC(=O)C(=C)C)C(=O)OCCCCCCS(=O)(=O)O.[MgH2]. The van der Waals surface area contributed by atoms with Gasteiger partial charge in [-0.1, -0.05) is 45.8 Å². The van der Waals surface area contributed by atoms with Crippen LogP contribution in [0.15, 0.2) is 24.3 Å². The van der Waals surface area contributed by atoms with Gasteiger partial charge in [0.2, 0.25) is 0 Å². The van der Waals surface area contributed by atoms with E-state index in [0.29, 0.717) is 32.1 Å². The third-order valence-corrected chi connectivity index (χ3v) is 5.43. The van der Waals surface area contributed by atoms with E-state index in [0.717, 1.165) is 6.42 Å². The lowest BCUT2D eigenvalue weighted by Crippen LogP contribution is -2.43. The molecule has 0 saturated carbocycles. The zero-order chi connectivity index (χ0) is 24.8. The first-order chi connectivity index (χ1) is 14.8. The maximum atomic E-state index is 13.0. The first-order valence-corrected chi connectivity index (χ1v) is 12.2. The summed E-state index contributed by atoms with van der Waals surface area (Å²) in [6.07, 6.45) is 3.58. The largest absolute Gasteiger partial charge is 0.465 e. The molecule has 1 N–H and O–H groups in total. The highest BCUT2D eigenvalue weighted by Gasteiger charge is 2.43. The van der Waals surface area contributed by atoms with Crippen LogP contribution in [0.25, 0.3) is 0 Å². The van der Waals surface area contributed by atoms with Gasteiger partial charge in [-0.15, -0.1) is 0 Å². The van der Waals surface area contributed by atoms with Gasteiger partial charge in [-0.05, 0) is 33.1 Å². The predicted octanol–water partition coefficient (Wildman–Crippen LogP) is 2.48. The van der Waals surface area contributed by atoms with E-state index in [1.165, 1.54) is 13.8 Å². The third-order valence-electron chi connectivity index (χ3n) is 4.63. The van der Waals surface area contributed by atoms with Crippen LogP contribution < -0.4 is 0 Å². The fraction of sp³-hybridized carbons (Fsp3) is 0.682. The molecule has 0 aliphatic rings. The standard InChI is InChI=1S/C22H36O9S.Mg.2H/c1-6-7-12-22(15-30-19(23)17(2)3,16-31-20(24)18(4)5)21(25)29-13-10-8-9-11-14-32(26,27)28;;;/h2,4,6-16H2,1,3,5H3,(H,26,27,28);;;. The molecule has 0 amide bonds. The molecule has 33 heavy (non-hydrogen) atoms. The molecule has 0 heterocycles. The second-order valence-electron chi connectivity index (χ2n) is 7.93. The average Bonchev–Trinajstić information content (AvgIpc) is 2.70. The molecule has 11 heteroatoms. The van der Waals surface area contributed by atoms with Crippen molar-refractivity contribution in [2.75, 3.05) is 25.6 Å². The maximum absolute atomic E-state index is 13.0. The molecule has 0 aromatic carbocycles. The molecule has 0 aromatic heterocycles. The Morgan fingerprint density at radius 1 is 0.848 bits per heavy atom. The molecule has 0 atom stereocenters. The second kappa shape index (κ2) is 17.1. The van der Waals surface area contributed by atoms with Crippen molar-refractivity contribution in [2.24, 2.45) is 5.41 Å². The highest BCUT2D eigenvalue weighted by molar-refractivity contribution is 7.85. The quantitative estimate of drug-likeness (QED) is 0.0794. The van der Waals surface area contributed by atoms with E-state index in [9.17, 15) is 22.8 Å². The van der Waals surface area contributed by atoms with Crippen LogP contribution >= 0.6 is 0 Å². The Hall–Kier alpha value is -1.43. The number of unbranched alkanes of at least 4 members (excludes halogenated alkanes) is 4. The molecule has 0 bridgehead atoms. The van der Waals surface area contributed by atoms with Crippen molar-refractivity contribution in [3.8, 4) is 0 Å². The lowest BCUT2D eigenvalue weighted by molar-refractivity contribution is -0.171. The van der Waals surface area contributed by atoms with Gasteiger partial charge < -0.3 is 14.2 Å². The number of carbonyl (C=O) groups is 3. The normalized spacial score (nSPS) is 11.2. The van der Waals surface area contributed by atoms with Crippen LogP contribution in [0.5, 0.6) is 0 Å². The summed E-state index contributed by atoms with van der Waals surface area (Å²) in [5.41, 5.74) is -1.02. The molecule has 0 aliphatic carbocycles. The molecule has 0 aromatic rings. The molecule has 9 nitrogen and oxygen atoms in total. The molecule has 188 valence electrons. The van der Waals surface area contributed by atoms with Crippen molar-refractivity contribution >= 4 is 51.1 Å². The molecule has 0 saturated heterocycles.